The van der Waals surface area contributed by atoms with Crippen LogP contribution in [0.1, 0.15) is 35.0 Å². The highest BCUT2D eigenvalue weighted by Crippen LogP contribution is 2.28. The highest BCUT2D eigenvalue weighted by Gasteiger charge is 2.37. The Morgan fingerprint density at radius 2 is 1.61 bits per heavy atom. The number of nitrogens with zero attached hydrogens (tertiary/aromatic N) is 2. The topological polar surface area (TPSA) is 71.4 Å². The molecule has 4 rings (SSSR count). The van der Waals surface area contributed by atoms with Gasteiger partial charge in [-0.05, 0) is 86.4 Å². The number of aryl methyl sites for hydroxylation is 3. The maximum Gasteiger partial charge on any atom is 0.335 e. The van der Waals surface area contributed by atoms with Gasteiger partial charge in [0.2, 0.25) is 0 Å². The van der Waals surface area contributed by atoms with Crippen LogP contribution in [0.25, 0.3) is 11.8 Å². The Kier molecular flexibility index (Phi) is 6.08. The summed E-state index contributed by atoms with van der Waals surface area (Å²) in [6.45, 7) is 7.96. The van der Waals surface area contributed by atoms with Crippen LogP contribution in [0.3, 0.4) is 0 Å². The molecule has 0 bridgehead atoms. The first-order valence-corrected chi connectivity index (χ1v) is 11.5. The van der Waals surface area contributed by atoms with Crippen LogP contribution in [-0.2, 0) is 16.0 Å². The lowest BCUT2D eigenvalue weighted by atomic mass is 10.1. The number of aromatic nitrogens is 1. The third-order valence-corrected chi connectivity index (χ3v) is 6.76. The Balaban J connectivity index is 1.74. The average Bonchev–Trinajstić information content (AvgIpc) is 3.06. The summed E-state index contributed by atoms with van der Waals surface area (Å²) < 4.78 is 3.10. The number of urea groups is 1. The van der Waals surface area contributed by atoms with Gasteiger partial charge in [0.1, 0.15) is 5.57 Å². The third-order valence-electron chi connectivity index (χ3n) is 5.87. The van der Waals surface area contributed by atoms with Gasteiger partial charge in [-0.2, -0.15) is 0 Å². The molecule has 1 fully saturated rings. The van der Waals surface area contributed by atoms with Crippen LogP contribution in [0, 0.1) is 20.8 Å². The molecular formula is C26H24BrN3O3. The van der Waals surface area contributed by atoms with Gasteiger partial charge in [0.05, 0.1) is 5.69 Å². The minimum absolute atomic E-state index is 0.0820. The number of benzene rings is 2. The number of amides is 4. The molecule has 0 radical (unpaired) electrons. The monoisotopic (exact) mass is 505 g/mol. The molecule has 0 unspecified atom stereocenters. The molecule has 2 aromatic carbocycles. The predicted octanol–water partition coefficient (Wildman–Crippen LogP) is 5.39. The van der Waals surface area contributed by atoms with Gasteiger partial charge in [-0.15, -0.1) is 0 Å². The molecule has 1 aliphatic rings. The standard InChI is InChI=1S/C26H24BrN3O3/c1-5-18-6-8-20(9-7-18)30-25(32)22(24(31)28-26(30)33)14-19-13-16(3)29(17(19)4)21-10-11-23(27)15(2)12-21/h6-14H,5H2,1-4H3,(H,28,31,33)/b22-14-. The van der Waals surface area contributed by atoms with Crippen molar-refractivity contribution in [2.24, 2.45) is 0 Å². The zero-order valence-electron chi connectivity index (χ0n) is 18.9. The summed E-state index contributed by atoms with van der Waals surface area (Å²) in [5.41, 5.74) is 6.11. The fourth-order valence-corrected chi connectivity index (χ4v) is 4.27. The number of barbiturate groups is 1. The highest BCUT2D eigenvalue weighted by molar-refractivity contribution is 9.10. The van der Waals surface area contributed by atoms with E-state index >= 15 is 0 Å². The largest absolute Gasteiger partial charge is 0.335 e. The van der Waals surface area contributed by atoms with E-state index < -0.39 is 17.8 Å². The molecule has 0 aliphatic carbocycles. The summed E-state index contributed by atoms with van der Waals surface area (Å²) in [6, 6.07) is 14.4. The van der Waals surface area contributed by atoms with E-state index in [4.69, 9.17) is 0 Å². The van der Waals surface area contributed by atoms with Crippen molar-refractivity contribution in [1.29, 1.82) is 0 Å². The number of nitrogens with one attached hydrogen (secondary N) is 1. The first-order valence-electron chi connectivity index (χ1n) is 10.7. The van der Waals surface area contributed by atoms with Crippen LogP contribution >= 0.6 is 15.9 Å². The lowest BCUT2D eigenvalue weighted by molar-refractivity contribution is -0.122. The zero-order valence-corrected chi connectivity index (χ0v) is 20.5. The van der Waals surface area contributed by atoms with Gasteiger partial charge < -0.3 is 4.57 Å². The van der Waals surface area contributed by atoms with Crippen LogP contribution in [0.5, 0.6) is 0 Å². The van der Waals surface area contributed by atoms with Crippen LogP contribution < -0.4 is 10.2 Å². The summed E-state index contributed by atoms with van der Waals surface area (Å²) in [5, 5.41) is 2.29. The second-order valence-electron chi connectivity index (χ2n) is 8.07. The van der Waals surface area contributed by atoms with E-state index in [1.807, 2.05) is 58.0 Å². The quantitative estimate of drug-likeness (QED) is 0.381. The Labute approximate surface area is 201 Å². The molecule has 1 saturated heterocycles. The summed E-state index contributed by atoms with van der Waals surface area (Å²) in [6.07, 6.45) is 2.40. The number of imide groups is 2. The maximum absolute atomic E-state index is 13.2. The molecular weight excluding hydrogens is 482 g/mol. The minimum atomic E-state index is -0.748. The number of carbonyl (C=O) groups excluding carboxylic acids is 3. The second-order valence-corrected chi connectivity index (χ2v) is 8.93. The lowest BCUT2D eigenvalue weighted by Crippen LogP contribution is -2.54. The smallest absolute Gasteiger partial charge is 0.318 e. The van der Waals surface area contributed by atoms with Gasteiger partial charge in [0.15, 0.2) is 0 Å². The summed E-state index contributed by atoms with van der Waals surface area (Å²) in [4.78, 5) is 39.3. The van der Waals surface area contributed by atoms with Crippen molar-refractivity contribution in [3.8, 4) is 5.69 Å². The number of hydrogen-bond acceptors (Lipinski definition) is 3. The van der Waals surface area contributed by atoms with Crippen molar-refractivity contribution in [3.63, 3.8) is 0 Å². The lowest BCUT2D eigenvalue weighted by Gasteiger charge is -2.26. The maximum atomic E-state index is 13.2. The fraction of sp³-hybridized carbons (Fsp3) is 0.192. The molecule has 33 heavy (non-hydrogen) atoms. The molecule has 1 N–H and O–H groups in total. The van der Waals surface area contributed by atoms with Gasteiger partial charge >= 0.3 is 6.03 Å². The molecule has 4 amide bonds. The van der Waals surface area contributed by atoms with E-state index in [1.165, 1.54) is 0 Å². The minimum Gasteiger partial charge on any atom is -0.318 e. The molecule has 2 heterocycles. The van der Waals surface area contributed by atoms with E-state index in [0.29, 0.717) is 5.69 Å². The van der Waals surface area contributed by atoms with Crippen LogP contribution in [0.2, 0.25) is 0 Å². The van der Waals surface area contributed by atoms with Crippen LogP contribution in [0.4, 0.5) is 10.5 Å². The molecule has 0 saturated carbocycles. The van der Waals surface area contributed by atoms with E-state index in [9.17, 15) is 14.4 Å². The van der Waals surface area contributed by atoms with Crippen molar-refractivity contribution in [1.82, 2.24) is 9.88 Å². The van der Waals surface area contributed by atoms with Gasteiger partial charge in [0.25, 0.3) is 11.8 Å². The van der Waals surface area contributed by atoms with Crippen molar-refractivity contribution < 1.29 is 14.4 Å². The summed E-state index contributed by atoms with van der Waals surface area (Å²) in [7, 11) is 0. The average molecular weight is 506 g/mol. The Morgan fingerprint density at radius 1 is 0.939 bits per heavy atom. The van der Waals surface area contributed by atoms with E-state index in [1.54, 1.807) is 18.2 Å². The van der Waals surface area contributed by atoms with E-state index in [0.717, 1.165) is 49.6 Å². The molecule has 7 heteroatoms. The molecule has 0 atom stereocenters. The van der Waals surface area contributed by atoms with Gasteiger partial charge in [-0.3, -0.25) is 14.9 Å². The van der Waals surface area contributed by atoms with Crippen LogP contribution in [0.15, 0.2) is 58.6 Å². The molecule has 1 aromatic heterocycles. The molecule has 1 aliphatic heterocycles. The predicted molar refractivity (Wildman–Crippen MR) is 133 cm³/mol. The molecule has 168 valence electrons. The highest BCUT2D eigenvalue weighted by atomic mass is 79.9. The van der Waals surface area contributed by atoms with E-state index in [2.05, 4.69) is 31.9 Å². The van der Waals surface area contributed by atoms with Crippen molar-refractivity contribution in [3.05, 3.63) is 86.7 Å². The zero-order chi connectivity index (χ0) is 23.9. The van der Waals surface area contributed by atoms with E-state index in [-0.39, 0.29) is 5.57 Å². The number of hydrogen-bond donors (Lipinski definition) is 1. The fourth-order valence-electron chi connectivity index (χ4n) is 4.03. The number of rotatable bonds is 4. The SMILES string of the molecule is CCc1ccc(N2C(=O)NC(=O)/C(=C/c3cc(C)n(-c4ccc(Br)c(C)c4)c3C)C2=O)cc1. The number of carbonyl (C=O) groups is 3. The number of anilines is 1. The molecule has 6 nitrogen and oxygen atoms in total. The number of halogens is 1. The first-order chi connectivity index (χ1) is 15.7. The van der Waals surface area contributed by atoms with Crippen LogP contribution in [-0.4, -0.2) is 22.4 Å². The Bertz CT molecular complexity index is 1320. The summed E-state index contributed by atoms with van der Waals surface area (Å²) >= 11 is 3.53. The van der Waals surface area contributed by atoms with Gasteiger partial charge in [-0.1, -0.05) is 35.0 Å². The van der Waals surface area contributed by atoms with Gasteiger partial charge in [0, 0.05) is 21.5 Å². The second kappa shape index (κ2) is 8.83. The summed E-state index contributed by atoms with van der Waals surface area (Å²) in [5.74, 6) is -1.34. The molecule has 0 spiro atoms. The molecule has 3 aromatic rings. The van der Waals surface area contributed by atoms with Crippen molar-refractivity contribution >= 4 is 45.5 Å². The normalized spacial score (nSPS) is 15.4. The Hall–Kier alpha value is -3.45. The van der Waals surface area contributed by atoms with Gasteiger partial charge in [-0.25, -0.2) is 9.69 Å². The first kappa shape index (κ1) is 22.7. The third kappa shape index (κ3) is 4.16. The Morgan fingerprint density at radius 3 is 2.24 bits per heavy atom. The van der Waals surface area contributed by atoms with Crippen molar-refractivity contribution in [2.75, 3.05) is 4.90 Å². The van der Waals surface area contributed by atoms with Crippen molar-refractivity contribution in [2.45, 2.75) is 34.1 Å².